The molecule has 6 heteroatoms. The second-order valence-corrected chi connectivity index (χ2v) is 6.29. The van der Waals surface area contributed by atoms with Crippen molar-refractivity contribution in [2.24, 2.45) is 0 Å². The number of aliphatic carboxylic acids is 1. The molecule has 1 aromatic heterocycles. The molecular formula is C16H20N2O3S. The van der Waals surface area contributed by atoms with Crippen molar-refractivity contribution in [1.82, 2.24) is 4.98 Å². The number of nitrogens with zero attached hydrogens (tertiary/aromatic N) is 1. The molecule has 0 bridgehead atoms. The second-order valence-electron chi connectivity index (χ2n) is 5.21. The first-order chi connectivity index (χ1) is 10.5. The number of aromatic nitrogens is 1. The third kappa shape index (κ3) is 4.46. The number of carboxylic acids is 1. The minimum Gasteiger partial charge on any atom is -0.489 e. The maximum absolute atomic E-state index is 10.7. The van der Waals surface area contributed by atoms with Crippen LogP contribution in [0.4, 0.5) is 10.8 Å². The molecule has 2 aromatic rings. The number of hydrogen-bond acceptors (Lipinski definition) is 5. The van der Waals surface area contributed by atoms with Gasteiger partial charge in [-0.25, -0.2) is 4.98 Å². The normalized spacial score (nSPS) is 10.7. The zero-order chi connectivity index (χ0) is 16.1. The summed E-state index contributed by atoms with van der Waals surface area (Å²) in [6, 6.07) is 7.70. The first-order valence-electron chi connectivity index (χ1n) is 7.16. The number of ether oxygens (including phenoxy) is 1. The van der Waals surface area contributed by atoms with Crippen molar-refractivity contribution in [3.8, 4) is 5.75 Å². The highest BCUT2D eigenvalue weighted by Crippen LogP contribution is 2.31. The van der Waals surface area contributed by atoms with E-state index in [-0.39, 0.29) is 12.5 Å². The van der Waals surface area contributed by atoms with E-state index in [2.05, 4.69) is 10.3 Å². The molecule has 22 heavy (non-hydrogen) atoms. The van der Waals surface area contributed by atoms with Crippen LogP contribution in [0.3, 0.4) is 0 Å². The number of thiazole rings is 1. The Labute approximate surface area is 134 Å². The van der Waals surface area contributed by atoms with Gasteiger partial charge in [0, 0.05) is 4.88 Å². The number of hydrogen-bond donors (Lipinski definition) is 2. The molecule has 0 fully saturated rings. The van der Waals surface area contributed by atoms with Crippen LogP contribution in [0.15, 0.2) is 24.3 Å². The van der Waals surface area contributed by atoms with Gasteiger partial charge < -0.3 is 15.2 Å². The van der Waals surface area contributed by atoms with E-state index in [1.165, 1.54) is 11.3 Å². The standard InChI is InChI=1S/C16H20N2O3S/c1-10(2)21-13-7-5-4-6-12(13)18-16-17-11(3)14(22-16)8-9-15(19)20/h4-7,10H,8-9H2,1-3H3,(H,17,18)(H,19,20). The SMILES string of the molecule is Cc1nc(Nc2ccccc2OC(C)C)sc1CCC(=O)O. The Balaban J connectivity index is 2.14. The molecule has 0 aliphatic rings. The third-order valence-electron chi connectivity index (χ3n) is 2.95. The molecule has 118 valence electrons. The Morgan fingerprint density at radius 3 is 2.82 bits per heavy atom. The number of carboxylic acid groups (broad SMARTS) is 1. The minimum atomic E-state index is -0.794. The van der Waals surface area contributed by atoms with Crippen LogP contribution in [0.1, 0.15) is 30.8 Å². The molecule has 2 N–H and O–H groups in total. The third-order valence-corrected chi connectivity index (χ3v) is 4.08. The molecule has 0 aliphatic heterocycles. The zero-order valence-electron chi connectivity index (χ0n) is 12.9. The number of benzene rings is 1. The Kier molecular flexibility index (Phi) is 5.38. The number of rotatable bonds is 7. The summed E-state index contributed by atoms with van der Waals surface area (Å²) in [6.07, 6.45) is 0.715. The molecule has 1 heterocycles. The Bertz CT molecular complexity index is 653. The highest BCUT2D eigenvalue weighted by Gasteiger charge is 2.11. The van der Waals surface area contributed by atoms with Gasteiger partial charge in [0.15, 0.2) is 5.13 Å². The fourth-order valence-corrected chi connectivity index (χ4v) is 2.95. The van der Waals surface area contributed by atoms with Crippen LogP contribution in [0, 0.1) is 6.92 Å². The fraction of sp³-hybridized carbons (Fsp3) is 0.375. The molecule has 0 radical (unpaired) electrons. The van der Waals surface area contributed by atoms with Gasteiger partial charge in [0.2, 0.25) is 0 Å². The molecule has 0 unspecified atom stereocenters. The van der Waals surface area contributed by atoms with Crippen LogP contribution >= 0.6 is 11.3 Å². The molecule has 0 amide bonds. The summed E-state index contributed by atoms with van der Waals surface area (Å²) in [5.74, 6) is -0.0181. The van der Waals surface area contributed by atoms with Crippen LogP contribution in [-0.4, -0.2) is 22.2 Å². The van der Waals surface area contributed by atoms with Gasteiger partial charge in [-0.05, 0) is 39.3 Å². The van der Waals surface area contributed by atoms with Crippen molar-refractivity contribution in [3.05, 3.63) is 34.8 Å². The first-order valence-corrected chi connectivity index (χ1v) is 7.98. The van der Waals surface area contributed by atoms with E-state index >= 15 is 0 Å². The first kappa shape index (κ1) is 16.3. The molecule has 0 spiro atoms. The molecular weight excluding hydrogens is 300 g/mol. The van der Waals surface area contributed by atoms with Crippen molar-refractivity contribution in [3.63, 3.8) is 0 Å². The number of carbonyl (C=O) groups is 1. The molecule has 2 rings (SSSR count). The van der Waals surface area contributed by atoms with Gasteiger partial charge in [0.1, 0.15) is 5.75 Å². The predicted octanol–water partition coefficient (Wildman–Crippen LogP) is 4.00. The average molecular weight is 320 g/mol. The lowest BCUT2D eigenvalue weighted by molar-refractivity contribution is -0.136. The van der Waals surface area contributed by atoms with Crippen molar-refractivity contribution in [1.29, 1.82) is 0 Å². The van der Waals surface area contributed by atoms with Crippen LogP contribution in [0.5, 0.6) is 5.75 Å². The molecule has 1 aromatic carbocycles. The van der Waals surface area contributed by atoms with Gasteiger partial charge in [-0.1, -0.05) is 12.1 Å². The zero-order valence-corrected chi connectivity index (χ0v) is 13.7. The molecule has 0 aliphatic carbocycles. The lowest BCUT2D eigenvalue weighted by atomic mass is 10.2. The maximum atomic E-state index is 10.7. The topological polar surface area (TPSA) is 71.5 Å². The van der Waals surface area contributed by atoms with Crippen molar-refractivity contribution < 1.29 is 14.6 Å². The van der Waals surface area contributed by atoms with E-state index in [4.69, 9.17) is 9.84 Å². The van der Waals surface area contributed by atoms with Crippen molar-refractivity contribution in [2.45, 2.75) is 39.7 Å². The summed E-state index contributed by atoms with van der Waals surface area (Å²) in [7, 11) is 0. The monoisotopic (exact) mass is 320 g/mol. The predicted molar refractivity (Wildman–Crippen MR) is 88.3 cm³/mol. The maximum Gasteiger partial charge on any atom is 0.303 e. The van der Waals surface area contributed by atoms with E-state index < -0.39 is 5.97 Å². The number of nitrogens with one attached hydrogen (secondary N) is 1. The van der Waals surface area contributed by atoms with Crippen LogP contribution in [-0.2, 0) is 11.2 Å². The molecule has 5 nitrogen and oxygen atoms in total. The smallest absolute Gasteiger partial charge is 0.303 e. The van der Waals surface area contributed by atoms with Crippen LogP contribution in [0.25, 0.3) is 0 Å². The van der Waals surface area contributed by atoms with E-state index in [9.17, 15) is 4.79 Å². The summed E-state index contributed by atoms with van der Waals surface area (Å²) < 4.78 is 5.77. The van der Waals surface area contributed by atoms with E-state index in [0.717, 1.165) is 27.1 Å². The molecule has 0 saturated heterocycles. The van der Waals surface area contributed by atoms with E-state index in [0.29, 0.717) is 6.42 Å². The fourth-order valence-electron chi connectivity index (χ4n) is 1.98. The lowest BCUT2D eigenvalue weighted by Crippen LogP contribution is -2.07. The summed E-state index contributed by atoms with van der Waals surface area (Å²) in [4.78, 5) is 16.1. The van der Waals surface area contributed by atoms with Crippen LogP contribution < -0.4 is 10.1 Å². The number of aryl methyl sites for hydroxylation is 2. The minimum absolute atomic E-state index is 0.0899. The average Bonchev–Trinajstić information content (AvgIpc) is 2.78. The Morgan fingerprint density at radius 1 is 1.41 bits per heavy atom. The highest BCUT2D eigenvalue weighted by molar-refractivity contribution is 7.15. The molecule has 0 saturated carbocycles. The summed E-state index contributed by atoms with van der Waals surface area (Å²) in [5, 5.41) is 12.8. The van der Waals surface area contributed by atoms with E-state index in [1.807, 2.05) is 45.0 Å². The van der Waals surface area contributed by atoms with Gasteiger partial charge in [-0.15, -0.1) is 11.3 Å². The second kappa shape index (κ2) is 7.26. The summed E-state index contributed by atoms with van der Waals surface area (Å²) in [5.41, 5.74) is 1.73. The summed E-state index contributed by atoms with van der Waals surface area (Å²) in [6.45, 7) is 5.86. The highest BCUT2D eigenvalue weighted by atomic mass is 32.1. The summed E-state index contributed by atoms with van der Waals surface area (Å²) >= 11 is 1.48. The van der Waals surface area contributed by atoms with E-state index in [1.54, 1.807) is 0 Å². The Hall–Kier alpha value is -2.08. The molecule has 0 atom stereocenters. The lowest BCUT2D eigenvalue weighted by Gasteiger charge is -2.14. The van der Waals surface area contributed by atoms with Gasteiger partial charge in [-0.3, -0.25) is 4.79 Å². The number of anilines is 2. The van der Waals surface area contributed by atoms with Gasteiger partial charge in [0.05, 0.1) is 23.9 Å². The van der Waals surface area contributed by atoms with Crippen molar-refractivity contribution in [2.75, 3.05) is 5.32 Å². The van der Waals surface area contributed by atoms with Crippen molar-refractivity contribution >= 4 is 28.1 Å². The quantitative estimate of drug-likeness (QED) is 0.807. The van der Waals surface area contributed by atoms with Gasteiger partial charge in [-0.2, -0.15) is 0 Å². The van der Waals surface area contributed by atoms with Gasteiger partial charge in [0.25, 0.3) is 0 Å². The largest absolute Gasteiger partial charge is 0.489 e. The Morgan fingerprint density at radius 2 is 2.14 bits per heavy atom. The number of para-hydroxylation sites is 2. The van der Waals surface area contributed by atoms with Gasteiger partial charge >= 0.3 is 5.97 Å². The van der Waals surface area contributed by atoms with Crippen LogP contribution in [0.2, 0.25) is 0 Å².